The lowest BCUT2D eigenvalue weighted by molar-refractivity contribution is 0.0694. The number of benzene rings is 1. The number of hydrogen-bond acceptors (Lipinski definition) is 4. The molecule has 0 aliphatic carbocycles. The van der Waals surface area contributed by atoms with E-state index in [0.717, 1.165) is 4.47 Å². The van der Waals surface area contributed by atoms with Crippen LogP contribution in [-0.2, 0) is 0 Å². The maximum atomic E-state index is 11.1. The van der Waals surface area contributed by atoms with Crippen LogP contribution in [0.25, 0.3) is 0 Å². The summed E-state index contributed by atoms with van der Waals surface area (Å²) in [4.78, 5) is 15.1. The molecule has 0 aliphatic rings. The maximum Gasteiger partial charge on any atom is 0.339 e. The van der Waals surface area contributed by atoms with Gasteiger partial charge in [-0.15, -0.1) is 0 Å². The summed E-state index contributed by atoms with van der Waals surface area (Å²) in [6, 6.07) is 7.90. The zero-order valence-corrected chi connectivity index (χ0v) is 11.5. The molecule has 19 heavy (non-hydrogen) atoms. The van der Waals surface area contributed by atoms with Crippen molar-refractivity contribution in [1.29, 1.82) is 0 Å². The van der Waals surface area contributed by atoms with E-state index in [2.05, 4.69) is 20.9 Å². The van der Waals surface area contributed by atoms with Crippen molar-refractivity contribution in [2.24, 2.45) is 0 Å². The summed E-state index contributed by atoms with van der Waals surface area (Å²) in [5.74, 6) is 0.0375. The van der Waals surface area contributed by atoms with Gasteiger partial charge in [0, 0.05) is 16.7 Å². The first kappa shape index (κ1) is 13.4. The summed E-state index contributed by atoms with van der Waals surface area (Å²) < 4.78 is 11.3. The molecule has 0 amide bonds. The Labute approximate surface area is 117 Å². The number of hydrogen-bond donors (Lipinski definition) is 1. The Kier molecular flexibility index (Phi) is 4.01. The van der Waals surface area contributed by atoms with Crippen molar-refractivity contribution in [1.82, 2.24) is 4.98 Å². The number of ether oxygens (including phenoxy) is 2. The fraction of sp³-hybridized carbons (Fsp3) is 0.0769. The molecule has 0 saturated carbocycles. The van der Waals surface area contributed by atoms with Crippen LogP contribution >= 0.6 is 15.9 Å². The Morgan fingerprint density at radius 1 is 1.32 bits per heavy atom. The van der Waals surface area contributed by atoms with Crippen molar-refractivity contribution in [2.75, 3.05) is 7.11 Å². The lowest BCUT2D eigenvalue weighted by atomic mass is 10.2. The third-order valence-corrected chi connectivity index (χ3v) is 2.81. The fourth-order valence-electron chi connectivity index (χ4n) is 1.45. The number of carboxylic acids is 1. The standard InChI is InChI=1S/C13H10BrNO4/c1-18-12-7-9(4-5-15-12)19-11-6-8(14)2-3-10(11)13(16)17/h2-7H,1H3,(H,16,17). The number of rotatable bonds is 4. The summed E-state index contributed by atoms with van der Waals surface area (Å²) in [7, 11) is 1.49. The minimum Gasteiger partial charge on any atom is -0.481 e. The Hall–Kier alpha value is -2.08. The molecule has 0 atom stereocenters. The smallest absolute Gasteiger partial charge is 0.339 e. The summed E-state index contributed by atoms with van der Waals surface area (Å²) in [5.41, 5.74) is 0.0824. The first-order valence-electron chi connectivity index (χ1n) is 5.31. The molecule has 2 aromatic rings. The molecule has 1 aromatic carbocycles. The quantitative estimate of drug-likeness (QED) is 0.934. The SMILES string of the molecule is COc1cc(Oc2cc(Br)ccc2C(=O)O)ccn1. The van der Waals surface area contributed by atoms with Gasteiger partial charge in [-0.25, -0.2) is 9.78 Å². The maximum absolute atomic E-state index is 11.1. The number of pyridine rings is 1. The second kappa shape index (κ2) is 5.71. The first-order chi connectivity index (χ1) is 9.10. The van der Waals surface area contributed by atoms with E-state index in [0.29, 0.717) is 11.6 Å². The highest BCUT2D eigenvalue weighted by atomic mass is 79.9. The van der Waals surface area contributed by atoms with E-state index >= 15 is 0 Å². The molecular formula is C13H10BrNO4. The number of aromatic carboxylic acids is 1. The van der Waals surface area contributed by atoms with Gasteiger partial charge >= 0.3 is 5.97 Å². The average Bonchev–Trinajstić information content (AvgIpc) is 2.38. The highest BCUT2D eigenvalue weighted by molar-refractivity contribution is 9.10. The minimum absolute atomic E-state index is 0.0824. The monoisotopic (exact) mass is 323 g/mol. The molecule has 0 bridgehead atoms. The highest BCUT2D eigenvalue weighted by Crippen LogP contribution is 2.29. The predicted molar refractivity (Wildman–Crippen MR) is 72.0 cm³/mol. The van der Waals surface area contributed by atoms with Crippen LogP contribution in [0.1, 0.15) is 10.4 Å². The molecule has 6 heteroatoms. The number of nitrogens with zero attached hydrogens (tertiary/aromatic N) is 1. The zero-order chi connectivity index (χ0) is 13.8. The number of aromatic nitrogens is 1. The van der Waals surface area contributed by atoms with Gasteiger partial charge < -0.3 is 14.6 Å². The third kappa shape index (κ3) is 3.23. The number of methoxy groups -OCH3 is 1. The summed E-state index contributed by atoms with van der Waals surface area (Å²) in [5, 5.41) is 9.10. The molecule has 5 nitrogen and oxygen atoms in total. The van der Waals surface area contributed by atoms with Crippen LogP contribution in [0.5, 0.6) is 17.4 Å². The molecule has 0 aliphatic heterocycles. The van der Waals surface area contributed by atoms with Crippen LogP contribution in [0.2, 0.25) is 0 Å². The molecule has 0 spiro atoms. The van der Waals surface area contributed by atoms with Gasteiger partial charge in [0.05, 0.1) is 7.11 Å². The highest BCUT2D eigenvalue weighted by Gasteiger charge is 2.12. The Balaban J connectivity index is 2.36. The molecule has 0 unspecified atom stereocenters. The zero-order valence-electron chi connectivity index (χ0n) is 9.96. The summed E-state index contributed by atoms with van der Waals surface area (Å²) in [6.45, 7) is 0. The fourth-order valence-corrected chi connectivity index (χ4v) is 1.79. The van der Waals surface area contributed by atoms with E-state index in [1.165, 1.54) is 19.4 Å². The van der Waals surface area contributed by atoms with Crippen molar-refractivity contribution in [2.45, 2.75) is 0 Å². The molecular weight excluding hydrogens is 314 g/mol. The molecule has 1 heterocycles. The van der Waals surface area contributed by atoms with Crippen LogP contribution in [0.15, 0.2) is 41.0 Å². The van der Waals surface area contributed by atoms with Crippen LogP contribution in [0.3, 0.4) is 0 Å². The second-order valence-corrected chi connectivity index (χ2v) is 4.50. The van der Waals surface area contributed by atoms with E-state index in [1.807, 2.05) is 0 Å². The van der Waals surface area contributed by atoms with Gasteiger partial charge in [0.1, 0.15) is 17.1 Å². The average molecular weight is 324 g/mol. The predicted octanol–water partition coefficient (Wildman–Crippen LogP) is 3.34. The first-order valence-corrected chi connectivity index (χ1v) is 6.10. The van der Waals surface area contributed by atoms with E-state index < -0.39 is 5.97 Å². The van der Waals surface area contributed by atoms with Gasteiger partial charge in [0.15, 0.2) is 0 Å². The number of halogens is 1. The molecule has 2 rings (SSSR count). The Morgan fingerprint density at radius 2 is 2.11 bits per heavy atom. The van der Waals surface area contributed by atoms with Crippen molar-refractivity contribution >= 4 is 21.9 Å². The van der Waals surface area contributed by atoms with Gasteiger partial charge in [0.25, 0.3) is 0 Å². The van der Waals surface area contributed by atoms with Crippen molar-refractivity contribution < 1.29 is 19.4 Å². The molecule has 98 valence electrons. The Morgan fingerprint density at radius 3 is 2.79 bits per heavy atom. The van der Waals surface area contributed by atoms with Gasteiger partial charge in [-0.2, -0.15) is 0 Å². The summed E-state index contributed by atoms with van der Waals surface area (Å²) in [6.07, 6.45) is 1.52. The van der Waals surface area contributed by atoms with Crippen molar-refractivity contribution in [3.63, 3.8) is 0 Å². The molecule has 1 aromatic heterocycles. The molecule has 0 radical (unpaired) electrons. The normalized spacial score (nSPS) is 10.0. The van der Waals surface area contributed by atoms with E-state index in [-0.39, 0.29) is 11.3 Å². The third-order valence-electron chi connectivity index (χ3n) is 2.32. The molecule has 1 N–H and O–H groups in total. The lowest BCUT2D eigenvalue weighted by Crippen LogP contribution is -2.00. The number of carboxylic acid groups (broad SMARTS) is 1. The number of carbonyl (C=O) groups is 1. The lowest BCUT2D eigenvalue weighted by Gasteiger charge is -2.09. The van der Waals surface area contributed by atoms with Crippen molar-refractivity contribution in [3.8, 4) is 17.4 Å². The van der Waals surface area contributed by atoms with Crippen LogP contribution < -0.4 is 9.47 Å². The van der Waals surface area contributed by atoms with Gasteiger partial charge in [-0.05, 0) is 24.3 Å². The second-order valence-electron chi connectivity index (χ2n) is 3.58. The van der Waals surface area contributed by atoms with E-state index in [1.54, 1.807) is 24.3 Å². The topological polar surface area (TPSA) is 68.7 Å². The van der Waals surface area contributed by atoms with Gasteiger partial charge in [-0.3, -0.25) is 0 Å². The van der Waals surface area contributed by atoms with Crippen molar-refractivity contribution in [3.05, 3.63) is 46.6 Å². The summed E-state index contributed by atoms with van der Waals surface area (Å²) >= 11 is 3.28. The van der Waals surface area contributed by atoms with Gasteiger partial charge in [-0.1, -0.05) is 15.9 Å². The van der Waals surface area contributed by atoms with Gasteiger partial charge in [0.2, 0.25) is 5.88 Å². The Bertz CT molecular complexity index is 615. The van der Waals surface area contributed by atoms with Crippen LogP contribution in [0, 0.1) is 0 Å². The molecule has 0 saturated heterocycles. The minimum atomic E-state index is -1.05. The van der Waals surface area contributed by atoms with Crippen LogP contribution in [-0.4, -0.2) is 23.2 Å². The van der Waals surface area contributed by atoms with Crippen LogP contribution in [0.4, 0.5) is 0 Å². The van der Waals surface area contributed by atoms with E-state index in [9.17, 15) is 4.79 Å². The largest absolute Gasteiger partial charge is 0.481 e. The molecule has 0 fully saturated rings. The van der Waals surface area contributed by atoms with E-state index in [4.69, 9.17) is 14.6 Å².